The highest BCUT2D eigenvalue weighted by Gasteiger charge is 2.49. The van der Waals surface area contributed by atoms with Gasteiger partial charge in [0.2, 0.25) is 0 Å². The van der Waals surface area contributed by atoms with Gasteiger partial charge in [-0.1, -0.05) is 87.5 Å². The molecule has 0 amide bonds. The minimum atomic E-state index is -0.0672. The Kier molecular flexibility index (Phi) is 11.0. The maximum atomic E-state index is 7.15. The summed E-state index contributed by atoms with van der Waals surface area (Å²) in [7, 11) is 0. The molecule has 182 valence electrons. The first kappa shape index (κ1) is 27.2. The Balaban J connectivity index is 1.90. The van der Waals surface area contributed by atoms with E-state index in [1.54, 1.807) is 16.7 Å². The summed E-state index contributed by atoms with van der Waals surface area (Å²) in [5, 5.41) is 0. The third-order valence-corrected chi connectivity index (χ3v) is 8.09. The molecule has 0 N–H and O–H groups in total. The van der Waals surface area contributed by atoms with Crippen molar-refractivity contribution < 1.29 is 4.74 Å². The number of ether oxygens (including phenoxy) is 1. The standard InChI is InChI=1S/C31H52O/c1-8-10-12-15-25(3)16-13-17-26(4)18-14-22-30(7)24-21-29-20-19-27(5)28(6)31(29,32-30)23-11-9-2/h15,18-20,28H,8-14,16-17,21-24H2,1-7H3. The summed E-state index contributed by atoms with van der Waals surface area (Å²) in [6.45, 7) is 16.2. The molecule has 0 aromatic carbocycles. The van der Waals surface area contributed by atoms with Crippen molar-refractivity contribution in [1.29, 1.82) is 0 Å². The van der Waals surface area contributed by atoms with Crippen LogP contribution >= 0.6 is 0 Å². The van der Waals surface area contributed by atoms with Crippen LogP contribution in [0, 0.1) is 5.92 Å². The molecule has 1 saturated heterocycles. The summed E-state index contributed by atoms with van der Waals surface area (Å²) in [5.74, 6) is 0.486. The van der Waals surface area contributed by atoms with Gasteiger partial charge in [-0.3, -0.25) is 0 Å². The van der Waals surface area contributed by atoms with E-state index < -0.39 is 0 Å². The molecule has 0 spiro atoms. The van der Waals surface area contributed by atoms with Crippen molar-refractivity contribution in [2.45, 2.75) is 143 Å². The summed E-state index contributed by atoms with van der Waals surface area (Å²) in [6.07, 6.45) is 25.5. The molecule has 1 nitrogen and oxygen atoms in total. The monoisotopic (exact) mass is 440 g/mol. The predicted octanol–water partition coefficient (Wildman–Crippen LogP) is 10.0. The minimum absolute atomic E-state index is 0.00759. The van der Waals surface area contributed by atoms with Crippen molar-refractivity contribution in [2.24, 2.45) is 5.92 Å². The van der Waals surface area contributed by atoms with Gasteiger partial charge in [-0.15, -0.1) is 0 Å². The van der Waals surface area contributed by atoms with E-state index in [9.17, 15) is 0 Å². The van der Waals surface area contributed by atoms with Crippen molar-refractivity contribution in [2.75, 3.05) is 0 Å². The fourth-order valence-electron chi connectivity index (χ4n) is 5.57. The van der Waals surface area contributed by atoms with Crippen LogP contribution in [0.25, 0.3) is 0 Å². The Labute approximate surface area is 200 Å². The molecule has 2 aliphatic rings. The third-order valence-electron chi connectivity index (χ3n) is 8.09. The fourth-order valence-corrected chi connectivity index (χ4v) is 5.57. The van der Waals surface area contributed by atoms with E-state index in [-0.39, 0.29) is 11.2 Å². The lowest BCUT2D eigenvalue weighted by Gasteiger charge is -2.53. The summed E-state index contributed by atoms with van der Waals surface area (Å²) in [5.41, 5.74) is 6.08. The van der Waals surface area contributed by atoms with Crippen LogP contribution in [0.1, 0.15) is 132 Å². The largest absolute Gasteiger partial charge is 0.364 e. The van der Waals surface area contributed by atoms with E-state index in [0.717, 1.165) is 25.7 Å². The molecule has 0 aromatic rings. The Morgan fingerprint density at radius 3 is 2.28 bits per heavy atom. The lowest BCUT2D eigenvalue weighted by molar-refractivity contribution is -0.177. The number of fused-ring (bicyclic) bond motifs is 1. The number of unbranched alkanes of at least 4 members (excludes halogenated alkanes) is 3. The van der Waals surface area contributed by atoms with Gasteiger partial charge in [-0.2, -0.15) is 0 Å². The first-order valence-electron chi connectivity index (χ1n) is 13.7. The Morgan fingerprint density at radius 2 is 1.62 bits per heavy atom. The van der Waals surface area contributed by atoms with Gasteiger partial charge in [0, 0.05) is 5.92 Å². The van der Waals surface area contributed by atoms with Gasteiger partial charge in [-0.25, -0.2) is 0 Å². The average molecular weight is 441 g/mol. The summed E-state index contributed by atoms with van der Waals surface area (Å²) in [6, 6.07) is 0. The first-order valence-corrected chi connectivity index (χ1v) is 13.7. The molecule has 1 heterocycles. The van der Waals surface area contributed by atoms with Crippen molar-refractivity contribution >= 4 is 0 Å². The predicted molar refractivity (Wildman–Crippen MR) is 142 cm³/mol. The molecule has 3 unspecified atom stereocenters. The number of hydrogen-bond acceptors (Lipinski definition) is 1. The van der Waals surface area contributed by atoms with Crippen molar-refractivity contribution in [3.63, 3.8) is 0 Å². The van der Waals surface area contributed by atoms with Crippen LogP contribution in [0.3, 0.4) is 0 Å². The lowest BCUT2D eigenvalue weighted by atomic mass is 9.67. The number of rotatable bonds is 13. The van der Waals surface area contributed by atoms with Gasteiger partial charge in [0.15, 0.2) is 0 Å². The quantitative estimate of drug-likeness (QED) is 0.204. The van der Waals surface area contributed by atoms with Crippen LogP contribution in [0.5, 0.6) is 0 Å². The van der Waals surface area contributed by atoms with Gasteiger partial charge >= 0.3 is 0 Å². The maximum absolute atomic E-state index is 7.15. The molecule has 3 atom stereocenters. The van der Waals surface area contributed by atoms with Crippen molar-refractivity contribution in [1.82, 2.24) is 0 Å². The van der Waals surface area contributed by atoms with Gasteiger partial charge < -0.3 is 4.74 Å². The third kappa shape index (κ3) is 7.47. The molecule has 1 heteroatoms. The normalized spacial score (nSPS) is 28.9. The van der Waals surface area contributed by atoms with Gasteiger partial charge in [0.05, 0.1) is 11.2 Å². The molecule has 0 aromatic heterocycles. The molecule has 1 aliphatic heterocycles. The fraction of sp³-hybridized carbons (Fsp3) is 0.742. The molecule has 0 bridgehead atoms. The number of allylic oxidation sites excluding steroid dienone is 6. The Hall–Kier alpha value is -1.08. The van der Waals surface area contributed by atoms with Gasteiger partial charge in [0.25, 0.3) is 0 Å². The second-order valence-electron chi connectivity index (χ2n) is 11.0. The average Bonchev–Trinajstić information content (AvgIpc) is 2.75. The van der Waals surface area contributed by atoms with Crippen molar-refractivity contribution in [3.05, 3.63) is 46.6 Å². The van der Waals surface area contributed by atoms with Crippen LogP contribution in [0.4, 0.5) is 0 Å². The van der Waals surface area contributed by atoms with E-state index in [0.29, 0.717) is 5.92 Å². The highest BCUT2D eigenvalue weighted by molar-refractivity contribution is 5.36. The van der Waals surface area contributed by atoms with E-state index in [1.165, 1.54) is 63.4 Å². The van der Waals surface area contributed by atoms with Crippen LogP contribution in [-0.4, -0.2) is 11.2 Å². The molecule has 0 radical (unpaired) electrons. The highest BCUT2D eigenvalue weighted by atomic mass is 16.5. The van der Waals surface area contributed by atoms with Gasteiger partial charge in [0.1, 0.15) is 0 Å². The zero-order chi connectivity index (χ0) is 23.6. The van der Waals surface area contributed by atoms with Crippen molar-refractivity contribution in [3.8, 4) is 0 Å². The van der Waals surface area contributed by atoms with Crippen LogP contribution < -0.4 is 0 Å². The molecule has 2 rings (SSSR count). The topological polar surface area (TPSA) is 9.23 Å². The van der Waals surface area contributed by atoms with Crippen LogP contribution in [0.15, 0.2) is 46.6 Å². The van der Waals surface area contributed by atoms with Gasteiger partial charge in [-0.05, 0) is 91.1 Å². The van der Waals surface area contributed by atoms with E-state index in [1.807, 2.05) is 0 Å². The van der Waals surface area contributed by atoms with E-state index in [2.05, 4.69) is 72.8 Å². The van der Waals surface area contributed by atoms with Crippen LogP contribution in [-0.2, 0) is 4.74 Å². The summed E-state index contributed by atoms with van der Waals surface area (Å²) in [4.78, 5) is 0. The SMILES string of the molecule is CCCCC=C(C)CCCC(C)=CCCC1(C)CCC2=CC=C(C)C(C)C2(CCCC)O1. The van der Waals surface area contributed by atoms with Crippen LogP contribution in [0.2, 0.25) is 0 Å². The number of hydrogen-bond donors (Lipinski definition) is 0. The second-order valence-corrected chi connectivity index (χ2v) is 11.0. The zero-order valence-electron chi connectivity index (χ0n) is 22.5. The Bertz CT molecular complexity index is 706. The maximum Gasteiger partial charge on any atom is 0.0964 e. The molecule has 1 fully saturated rings. The zero-order valence-corrected chi connectivity index (χ0v) is 22.5. The summed E-state index contributed by atoms with van der Waals surface area (Å²) >= 11 is 0. The lowest BCUT2D eigenvalue weighted by Crippen LogP contribution is -2.53. The molecule has 0 saturated carbocycles. The van der Waals surface area contributed by atoms with E-state index in [4.69, 9.17) is 4.74 Å². The molecular formula is C31H52O. The minimum Gasteiger partial charge on any atom is -0.364 e. The molecular weight excluding hydrogens is 388 g/mol. The Morgan fingerprint density at radius 1 is 0.969 bits per heavy atom. The molecule has 1 aliphatic carbocycles. The first-order chi connectivity index (χ1) is 15.3. The smallest absolute Gasteiger partial charge is 0.0964 e. The van der Waals surface area contributed by atoms with E-state index >= 15 is 0 Å². The second kappa shape index (κ2) is 13.0. The summed E-state index contributed by atoms with van der Waals surface area (Å²) < 4.78 is 7.15. The molecule has 32 heavy (non-hydrogen) atoms. The highest BCUT2D eigenvalue weighted by Crippen LogP contribution is 2.51.